The van der Waals surface area contributed by atoms with Gasteiger partial charge in [0.25, 0.3) is 5.56 Å². The van der Waals surface area contributed by atoms with Crippen molar-refractivity contribution in [3.63, 3.8) is 0 Å². The molecule has 0 saturated carbocycles. The van der Waals surface area contributed by atoms with E-state index < -0.39 is 5.56 Å². The molecule has 102 valence electrons. The number of pyridine rings is 1. The highest BCUT2D eigenvalue weighted by Gasteiger charge is 2.11. The van der Waals surface area contributed by atoms with Gasteiger partial charge >= 0.3 is 0 Å². The second-order valence-electron chi connectivity index (χ2n) is 4.58. The molecular weight excluding hydrogens is 288 g/mol. The van der Waals surface area contributed by atoms with Crippen LogP contribution in [0.5, 0.6) is 0 Å². The Morgan fingerprint density at radius 2 is 2.10 bits per heavy atom. The van der Waals surface area contributed by atoms with E-state index in [2.05, 4.69) is 15.0 Å². The number of halogens is 1. The highest BCUT2D eigenvalue weighted by Crippen LogP contribution is 2.27. The van der Waals surface area contributed by atoms with E-state index in [1.54, 1.807) is 31.2 Å². The SMILES string of the molecule is Cc1cc(-c2ccc3ncnc(Cl)c3c2)c(C#N)c(=O)[nH]1. The van der Waals surface area contributed by atoms with Crippen LogP contribution in [0.25, 0.3) is 22.0 Å². The van der Waals surface area contributed by atoms with Crippen LogP contribution >= 0.6 is 11.6 Å². The summed E-state index contributed by atoms with van der Waals surface area (Å²) in [4.78, 5) is 22.6. The Morgan fingerprint density at radius 1 is 1.29 bits per heavy atom. The Hall–Kier alpha value is -2.71. The molecule has 21 heavy (non-hydrogen) atoms. The van der Waals surface area contributed by atoms with Crippen LogP contribution in [0.3, 0.4) is 0 Å². The van der Waals surface area contributed by atoms with Gasteiger partial charge in [0.1, 0.15) is 23.1 Å². The van der Waals surface area contributed by atoms with E-state index >= 15 is 0 Å². The first kappa shape index (κ1) is 13.3. The number of nitrogens with one attached hydrogen (secondary N) is 1. The maximum Gasteiger partial charge on any atom is 0.266 e. The molecule has 0 aliphatic rings. The number of hydrogen-bond acceptors (Lipinski definition) is 4. The standard InChI is InChI=1S/C15H9ClN4O/c1-8-4-10(12(6-17)15(21)20-8)9-2-3-13-11(5-9)14(16)19-7-18-13/h2-5,7H,1H3,(H,20,21). The van der Waals surface area contributed by atoms with Crippen molar-refractivity contribution < 1.29 is 0 Å². The Labute approximate surface area is 124 Å². The number of hydrogen-bond donors (Lipinski definition) is 1. The summed E-state index contributed by atoms with van der Waals surface area (Å²) in [6.45, 7) is 1.77. The Morgan fingerprint density at radius 3 is 2.86 bits per heavy atom. The number of fused-ring (bicyclic) bond motifs is 1. The summed E-state index contributed by atoms with van der Waals surface area (Å²) >= 11 is 6.07. The zero-order valence-corrected chi connectivity index (χ0v) is 11.8. The summed E-state index contributed by atoms with van der Waals surface area (Å²) < 4.78 is 0. The lowest BCUT2D eigenvalue weighted by atomic mass is 10.00. The second-order valence-corrected chi connectivity index (χ2v) is 4.94. The van der Waals surface area contributed by atoms with Gasteiger partial charge < -0.3 is 4.98 Å². The fourth-order valence-electron chi connectivity index (χ4n) is 2.22. The minimum atomic E-state index is -0.400. The van der Waals surface area contributed by atoms with Crippen LogP contribution in [-0.4, -0.2) is 15.0 Å². The molecule has 0 radical (unpaired) electrons. The molecule has 0 spiro atoms. The molecule has 1 N–H and O–H groups in total. The Balaban J connectivity index is 2.34. The van der Waals surface area contributed by atoms with E-state index in [0.717, 1.165) is 5.56 Å². The predicted molar refractivity (Wildman–Crippen MR) is 80.1 cm³/mol. The number of benzene rings is 1. The van der Waals surface area contributed by atoms with Crippen molar-refractivity contribution in [3.8, 4) is 17.2 Å². The fourth-order valence-corrected chi connectivity index (χ4v) is 2.42. The van der Waals surface area contributed by atoms with Crippen molar-refractivity contribution >= 4 is 22.5 Å². The van der Waals surface area contributed by atoms with Gasteiger partial charge in [0.15, 0.2) is 0 Å². The van der Waals surface area contributed by atoms with Crippen molar-refractivity contribution in [1.82, 2.24) is 15.0 Å². The first-order chi connectivity index (χ1) is 10.1. The largest absolute Gasteiger partial charge is 0.325 e. The van der Waals surface area contributed by atoms with Crippen LogP contribution in [0, 0.1) is 18.3 Å². The molecule has 0 saturated heterocycles. The minimum Gasteiger partial charge on any atom is -0.325 e. The average molecular weight is 297 g/mol. The third kappa shape index (κ3) is 2.26. The van der Waals surface area contributed by atoms with Gasteiger partial charge in [0.2, 0.25) is 0 Å². The highest BCUT2D eigenvalue weighted by atomic mass is 35.5. The van der Waals surface area contributed by atoms with E-state index in [0.29, 0.717) is 27.3 Å². The molecule has 0 bridgehead atoms. The minimum absolute atomic E-state index is 0.0768. The summed E-state index contributed by atoms with van der Waals surface area (Å²) in [6, 6.07) is 9.09. The van der Waals surface area contributed by atoms with Crippen molar-refractivity contribution in [2.24, 2.45) is 0 Å². The summed E-state index contributed by atoms with van der Waals surface area (Å²) in [5.41, 5.74) is 2.37. The first-order valence-corrected chi connectivity index (χ1v) is 6.52. The molecule has 2 aromatic heterocycles. The molecule has 0 aliphatic heterocycles. The van der Waals surface area contributed by atoms with Crippen LogP contribution in [0.4, 0.5) is 0 Å². The van der Waals surface area contributed by atoms with Gasteiger partial charge in [0, 0.05) is 16.6 Å². The number of rotatable bonds is 1. The molecule has 5 nitrogen and oxygen atoms in total. The van der Waals surface area contributed by atoms with Crippen molar-refractivity contribution in [2.45, 2.75) is 6.92 Å². The third-order valence-electron chi connectivity index (χ3n) is 3.18. The lowest BCUT2D eigenvalue weighted by Crippen LogP contribution is -2.12. The molecule has 1 aromatic carbocycles. The van der Waals surface area contributed by atoms with Crippen LogP contribution in [0.2, 0.25) is 5.15 Å². The zero-order chi connectivity index (χ0) is 15.0. The van der Waals surface area contributed by atoms with Crippen LogP contribution in [-0.2, 0) is 0 Å². The summed E-state index contributed by atoms with van der Waals surface area (Å²) in [5.74, 6) is 0. The van der Waals surface area contributed by atoms with Crippen molar-refractivity contribution in [3.05, 3.63) is 57.4 Å². The van der Waals surface area contributed by atoms with Gasteiger partial charge in [-0.2, -0.15) is 5.26 Å². The number of aromatic amines is 1. The number of aryl methyl sites for hydroxylation is 1. The van der Waals surface area contributed by atoms with Crippen LogP contribution in [0.1, 0.15) is 11.3 Å². The smallest absolute Gasteiger partial charge is 0.266 e. The van der Waals surface area contributed by atoms with E-state index in [9.17, 15) is 10.1 Å². The quantitative estimate of drug-likeness (QED) is 0.700. The monoisotopic (exact) mass is 296 g/mol. The fraction of sp³-hybridized carbons (Fsp3) is 0.0667. The van der Waals surface area contributed by atoms with Crippen molar-refractivity contribution in [2.75, 3.05) is 0 Å². The molecule has 0 fully saturated rings. The Kier molecular flexibility index (Phi) is 3.16. The van der Waals surface area contributed by atoms with Gasteiger partial charge in [-0.15, -0.1) is 0 Å². The summed E-state index contributed by atoms with van der Waals surface area (Å²) in [5, 5.41) is 10.2. The highest BCUT2D eigenvalue weighted by molar-refractivity contribution is 6.34. The third-order valence-corrected chi connectivity index (χ3v) is 3.48. The maximum absolute atomic E-state index is 11.9. The van der Waals surface area contributed by atoms with Gasteiger partial charge in [-0.25, -0.2) is 9.97 Å². The summed E-state index contributed by atoms with van der Waals surface area (Å²) in [6.07, 6.45) is 1.39. The predicted octanol–water partition coefficient (Wildman–Crippen LogP) is 2.82. The number of H-pyrrole nitrogens is 1. The first-order valence-electron chi connectivity index (χ1n) is 6.15. The Bertz CT molecular complexity index is 956. The molecule has 0 amide bonds. The molecule has 6 heteroatoms. The molecule has 2 heterocycles. The maximum atomic E-state index is 11.9. The topological polar surface area (TPSA) is 82.4 Å². The number of aromatic nitrogens is 3. The molecule has 0 aliphatic carbocycles. The van der Waals surface area contributed by atoms with E-state index in [1.165, 1.54) is 6.33 Å². The zero-order valence-electron chi connectivity index (χ0n) is 11.0. The molecule has 0 unspecified atom stereocenters. The van der Waals surface area contributed by atoms with E-state index in [-0.39, 0.29) is 5.56 Å². The second kappa shape index (κ2) is 5.00. The number of nitrogens with zero attached hydrogens (tertiary/aromatic N) is 3. The lowest BCUT2D eigenvalue weighted by molar-refractivity contribution is 1.13. The lowest BCUT2D eigenvalue weighted by Gasteiger charge is -2.07. The number of nitriles is 1. The molecule has 0 atom stereocenters. The van der Waals surface area contributed by atoms with Crippen LogP contribution < -0.4 is 5.56 Å². The van der Waals surface area contributed by atoms with Gasteiger partial charge in [0.05, 0.1) is 5.52 Å². The van der Waals surface area contributed by atoms with E-state index in [4.69, 9.17) is 11.6 Å². The van der Waals surface area contributed by atoms with Gasteiger partial charge in [-0.1, -0.05) is 17.7 Å². The van der Waals surface area contributed by atoms with Gasteiger partial charge in [-0.3, -0.25) is 4.79 Å². The summed E-state index contributed by atoms with van der Waals surface area (Å²) in [7, 11) is 0. The normalized spacial score (nSPS) is 10.5. The van der Waals surface area contributed by atoms with Crippen molar-refractivity contribution in [1.29, 1.82) is 5.26 Å². The van der Waals surface area contributed by atoms with Gasteiger partial charge in [-0.05, 0) is 30.7 Å². The molecular formula is C15H9ClN4O. The average Bonchev–Trinajstić information content (AvgIpc) is 2.46. The van der Waals surface area contributed by atoms with E-state index in [1.807, 2.05) is 6.07 Å². The molecule has 3 aromatic rings. The molecule has 3 rings (SSSR count). The van der Waals surface area contributed by atoms with Crippen LogP contribution in [0.15, 0.2) is 35.4 Å².